The number of carbonyl (C=O) groups excluding carboxylic acids is 1. The van der Waals surface area contributed by atoms with Gasteiger partial charge >= 0.3 is 11.9 Å². The molecule has 0 radical (unpaired) electrons. The van der Waals surface area contributed by atoms with Gasteiger partial charge in [-0.3, -0.25) is 4.90 Å². The van der Waals surface area contributed by atoms with Gasteiger partial charge in [0.05, 0.1) is 12.8 Å². The molecule has 1 unspecified atom stereocenters. The zero-order chi connectivity index (χ0) is 17.5. The van der Waals surface area contributed by atoms with Crippen LogP contribution in [0.1, 0.15) is 6.92 Å². The number of carboxylic acid groups (broad SMARTS) is 1. The van der Waals surface area contributed by atoms with Gasteiger partial charge in [-0.25, -0.2) is 9.59 Å². The van der Waals surface area contributed by atoms with Gasteiger partial charge in [0.2, 0.25) is 0 Å². The fourth-order valence-electron chi connectivity index (χ4n) is 2.64. The molecule has 1 saturated heterocycles. The van der Waals surface area contributed by atoms with E-state index in [1.165, 1.54) is 0 Å². The molecular weight excluding hydrogens is 312 g/mol. The fourth-order valence-corrected chi connectivity index (χ4v) is 2.64. The Kier molecular flexibility index (Phi) is 6.20. The lowest BCUT2D eigenvalue weighted by atomic mass is 10.2. The molecule has 24 heavy (non-hydrogen) atoms. The number of rotatable bonds is 6. The molecule has 7 nitrogen and oxygen atoms in total. The molecule has 1 aromatic rings. The van der Waals surface area contributed by atoms with Crippen molar-refractivity contribution < 1.29 is 24.2 Å². The number of ether oxygens (including phenoxy) is 2. The molecular formula is C17H22N2O5. The quantitative estimate of drug-likeness (QED) is 0.621. The van der Waals surface area contributed by atoms with Crippen molar-refractivity contribution in [2.45, 2.75) is 13.2 Å². The van der Waals surface area contributed by atoms with Gasteiger partial charge in [-0.2, -0.15) is 0 Å². The molecule has 1 fully saturated rings. The maximum Gasteiger partial charge on any atom is 0.332 e. The minimum Gasteiger partial charge on any atom is -0.495 e. The summed E-state index contributed by atoms with van der Waals surface area (Å²) in [6.45, 7) is 4.82. The Labute approximate surface area is 141 Å². The number of methoxy groups -OCH3 is 1. The first-order valence-electron chi connectivity index (χ1n) is 7.75. The van der Waals surface area contributed by atoms with Crippen LogP contribution in [-0.2, 0) is 14.3 Å². The van der Waals surface area contributed by atoms with Crippen LogP contribution in [-0.4, -0.2) is 61.5 Å². The molecule has 2 rings (SSSR count). The van der Waals surface area contributed by atoms with Gasteiger partial charge in [0.25, 0.3) is 0 Å². The first-order valence-corrected chi connectivity index (χ1v) is 7.75. The van der Waals surface area contributed by atoms with Crippen molar-refractivity contribution in [3.8, 4) is 5.75 Å². The Morgan fingerprint density at radius 3 is 2.46 bits per heavy atom. The zero-order valence-corrected chi connectivity index (χ0v) is 13.8. The second-order valence-electron chi connectivity index (χ2n) is 5.40. The predicted molar refractivity (Wildman–Crippen MR) is 89.1 cm³/mol. The maximum atomic E-state index is 11.5. The highest BCUT2D eigenvalue weighted by Crippen LogP contribution is 2.28. The Balaban J connectivity index is 1.88. The summed E-state index contributed by atoms with van der Waals surface area (Å²) in [5.74, 6) is -0.994. The number of benzene rings is 1. The topological polar surface area (TPSA) is 79.3 Å². The van der Waals surface area contributed by atoms with Crippen LogP contribution in [0.5, 0.6) is 5.75 Å². The highest BCUT2D eigenvalue weighted by atomic mass is 16.6. The van der Waals surface area contributed by atoms with Gasteiger partial charge in [-0.05, 0) is 19.1 Å². The van der Waals surface area contributed by atoms with Gasteiger partial charge in [-0.1, -0.05) is 12.1 Å². The number of carboxylic acids is 1. The number of anilines is 1. The van der Waals surface area contributed by atoms with Crippen molar-refractivity contribution in [2.24, 2.45) is 0 Å². The number of esters is 1. The molecule has 130 valence electrons. The van der Waals surface area contributed by atoms with Crippen LogP contribution < -0.4 is 9.64 Å². The van der Waals surface area contributed by atoms with E-state index in [9.17, 15) is 9.59 Å². The third-order valence-corrected chi connectivity index (χ3v) is 3.90. The van der Waals surface area contributed by atoms with E-state index in [1.807, 2.05) is 29.2 Å². The van der Waals surface area contributed by atoms with E-state index in [0.29, 0.717) is 0 Å². The number of aliphatic carboxylic acids is 1. The van der Waals surface area contributed by atoms with Gasteiger partial charge in [-0.15, -0.1) is 0 Å². The molecule has 1 aliphatic rings. The molecule has 0 aliphatic carbocycles. The van der Waals surface area contributed by atoms with Crippen LogP contribution in [0.15, 0.2) is 36.4 Å². The molecule has 0 aromatic heterocycles. The Bertz CT molecular complexity index is 609. The van der Waals surface area contributed by atoms with Crippen LogP contribution in [0, 0.1) is 0 Å². The van der Waals surface area contributed by atoms with E-state index in [-0.39, 0.29) is 0 Å². The largest absolute Gasteiger partial charge is 0.495 e. The Morgan fingerprint density at radius 1 is 1.17 bits per heavy atom. The normalized spacial score (nSPS) is 16.8. The van der Waals surface area contributed by atoms with E-state index in [4.69, 9.17) is 14.6 Å². The minimum atomic E-state index is -1.18. The smallest absolute Gasteiger partial charge is 0.332 e. The first-order chi connectivity index (χ1) is 11.5. The average molecular weight is 334 g/mol. The molecule has 1 heterocycles. The highest BCUT2D eigenvalue weighted by Gasteiger charge is 2.24. The van der Waals surface area contributed by atoms with Gasteiger partial charge in [0.15, 0.2) is 6.23 Å². The van der Waals surface area contributed by atoms with Crippen LogP contribution in [0.4, 0.5) is 5.69 Å². The second kappa shape index (κ2) is 8.35. The van der Waals surface area contributed by atoms with Crippen molar-refractivity contribution >= 4 is 17.6 Å². The van der Waals surface area contributed by atoms with Crippen molar-refractivity contribution in [2.75, 3.05) is 38.2 Å². The second-order valence-corrected chi connectivity index (χ2v) is 5.40. The monoisotopic (exact) mass is 334 g/mol. The van der Waals surface area contributed by atoms with Crippen LogP contribution >= 0.6 is 0 Å². The third kappa shape index (κ3) is 4.73. The molecule has 0 spiro atoms. The van der Waals surface area contributed by atoms with E-state index in [0.717, 1.165) is 49.8 Å². The van der Waals surface area contributed by atoms with Crippen molar-refractivity contribution in [1.82, 2.24) is 4.90 Å². The van der Waals surface area contributed by atoms with Crippen molar-refractivity contribution in [3.63, 3.8) is 0 Å². The summed E-state index contributed by atoms with van der Waals surface area (Å²) in [5, 5.41) is 8.50. The minimum absolute atomic E-state index is 0.407. The number of piperazine rings is 1. The maximum absolute atomic E-state index is 11.5. The summed E-state index contributed by atoms with van der Waals surface area (Å²) in [6, 6.07) is 7.86. The predicted octanol–water partition coefficient (Wildman–Crippen LogP) is 1.35. The lowest BCUT2D eigenvalue weighted by Crippen LogP contribution is -2.50. The van der Waals surface area contributed by atoms with Crippen LogP contribution in [0.2, 0.25) is 0 Å². The molecule has 0 bridgehead atoms. The summed E-state index contributed by atoms with van der Waals surface area (Å²) in [4.78, 5) is 26.2. The van der Waals surface area contributed by atoms with Gasteiger partial charge in [0.1, 0.15) is 5.75 Å². The molecule has 1 aliphatic heterocycles. The summed E-state index contributed by atoms with van der Waals surface area (Å²) in [6.07, 6.45) is 1.29. The summed E-state index contributed by atoms with van der Waals surface area (Å²) in [5.41, 5.74) is 1.05. The summed E-state index contributed by atoms with van der Waals surface area (Å²) >= 11 is 0. The Hall–Kier alpha value is -2.54. The lowest BCUT2D eigenvalue weighted by molar-refractivity contribution is -0.152. The van der Waals surface area contributed by atoms with E-state index in [1.54, 1.807) is 14.0 Å². The number of carbonyl (C=O) groups is 2. The lowest BCUT2D eigenvalue weighted by Gasteiger charge is -2.38. The summed E-state index contributed by atoms with van der Waals surface area (Å²) < 4.78 is 10.6. The van der Waals surface area contributed by atoms with Crippen LogP contribution in [0.25, 0.3) is 0 Å². The molecule has 0 saturated carbocycles. The molecule has 1 N–H and O–H groups in total. The first kappa shape index (κ1) is 17.8. The number of nitrogens with zero attached hydrogens (tertiary/aromatic N) is 2. The number of hydrogen-bond donors (Lipinski definition) is 1. The summed E-state index contributed by atoms with van der Waals surface area (Å²) in [7, 11) is 1.65. The SMILES string of the molecule is COc1ccccc1N1CCN(C(C)OC(=O)/C=C/C(=O)O)CC1. The van der Waals surface area contributed by atoms with Gasteiger partial charge in [0, 0.05) is 38.3 Å². The molecule has 1 aromatic carbocycles. The van der Waals surface area contributed by atoms with Gasteiger partial charge < -0.3 is 19.5 Å². The standard InChI is InChI=1S/C17H22N2O5/c1-13(24-17(22)8-7-16(20)21)18-9-11-19(12-10-18)14-5-3-4-6-15(14)23-2/h3-8,13H,9-12H2,1-2H3,(H,20,21)/b8-7+. The Morgan fingerprint density at radius 2 is 1.83 bits per heavy atom. The average Bonchev–Trinajstić information content (AvgIpc) is 2.60. The van der Waals surface area contributed by atoms with E-state index >= 15 is 0 Å². The van der Waals surface area contributed by atoms with Crippen molar-refractivity contribution in [3.05, 3.63) is 36.4 Å². The van der Waals surface area contributed by atoms with E-state index in [2.05, 4.69) is 4.90 Å². The fraction of sp³-hybridized carbons (Fsp3) is 0.412. The van der Waals surface area contributed by atoms with E-state index < -0.39 is 18.2 Å². The molecule has 7 heteroatoms. The highest BCUT2D eigenvalue weighted by molar-refractivity contribution is 5.90. The number of hydrogen-bond acceptors (Lipinski definition) is 6. The van der Waals surface area contributed by atoms with Crippen LogP contribution in [0.3, 0.4) is 0 Å². The molecule has 1 atom stereocenters. The van der Waals surface area contributed by atoms with Crippen molar-refractivity contribution in [1.29, 1.82) is 0 Å². The molecule has 0 amide bonds. The third-order valence-electron chi connectivity index (χ3n) is 3.90. The zero-order valence-electron chi connectivity index (χ0n) is 13.8. The number of para-hydroxylation sites is 2.